The van der Waals surface area contributed by atoms with Crippen molar-refractivity contribution in [2.45, 2.75) is 44.2 Å². The Bertz CT molecular complexity index is 908. The van der Waals surface area contributed by atoms with Gasteiger partial charge in [-0.15, -0.1) is 0 Å². The number of nitro groups is 1. The summed E-state index contributed by atoms with van der Waals surface area (Å²) in [7, 11) is -4.02. The van der Waals surface area contributed by atoms with E-state index in [1.54, 1.807) is 13.0 Å². The van der Waals surface area contributed by atoms with E-state index in [2.05, 4.69) is 0 Å². The molecule has 0 bridgehead atoms. The van der Waals surface area contributed by atoms with Gasteiger partial charge in [0.1, 0.15) is 0 Å². The molecule has 0 radical (unpaired) electrons. The molecule has 0 spiro atoms. The summed E-state index contributed by atoms with van der Waals surface area (Å²) in [5, 5.41) is 11.4. The Morgan fingerprint density at radius 3 is 2.38 bits per heavy atom. The van der Waals surface area contributed by atoms with Gasteiger partial charge >= 0.3 is 0 Å². The van der Waals surface area contributed by atoms with E-state index in [0.717, 1.165) is 18.4 Å². The van der Waals surface area contributed by atoms with Crippen LogP contribution in [-0.2, 0) is 16.6 Å². The van der Waals surface area contributed by atoms with Gasteiger partial charge in [0.2, 0.25) is 0 Å². The molecule has 3 rings (SSSR count). The molecule has 0 heterocycles. The molecule has 0 aliphatic heterocycles. The average molecular weight is 374 g/mol. The molecule has 0 N–H and O–H groups in total. The Morgan fingerprint density at radius 2 is 1.81 bits per heavy atom. The third kappa shape index (κ3) is 3.64. The summed E-state index contributed by atoms with van der Waals surface area (Å²) in [6, 6.07) is 13.5. The molecule has 6 nitrogen and oxygen atoms in total. The first-order chi connectivity index (χ1) is 12.3. The van der Waals surface area contributed by atoms with E-state index in [-0.39, 0.29) is 23.2 Å². The Morgan fingerprint density at radius 1 is 1.15 bits per heavy atom. The lowest BCUT2D eigenvalue weighted by atomic mass is 10.2. The van der Waals surface area contributed by atoms with Crippen LogP contribution in [0.3, 0.4) is 0 Å². The largest absolute Gasteiger partial charge is 0.289 e. The molecule has 138 valence electrons. The molecule has 0 saturated heterocycles. The standard InChI is InChI=1S/C19H22N2O4S/c1-14-7-6-10-18(21(22)23)19(14)26(24,25)20(15(2)17-11-12-17)13-16-8-4-3-5-9-16/h3-10,15,17H,11-13H2,1-2H3. The van der Waals surface area contributed by atoms with Gasteiger partial charge in [0.05, 0.1) is 4.92 Å². The Balaban J connectivity index is 2.09. The molecular formula is C19H22N2O4S. The maximum atomic E-state index is 13.5. The topological polar surface area (TPSA) is 80.5 Å². The highest BCUT2D eigenvalue weighted by molar-refractivity contribution is 7.89. The first kappa shape index (κ1) is 18.5. The lowest BCUT2D eigenvalue weighted by Gasteiger charge is -2.29. The lowest BCUT2D eigenvalue weighted by Crippen LogP contribution is -2.39. The number of aryl methyl sites for hydroxylation is 1. The van der Waals surface area contributed by atoms with Crippen LogP contribution in [0.4, 0.5) is 5.69 Å². The fourth-order valence-electron chi connectivity index (χ4n) is 3.26. The molecule has 1 fully saturated rings. The Labute approximate surface area is 153 Å². The summed E-state index contributed by atoms with van der Waals surface area (Å²) in [5.41, 5.74) is 0.881. The molecule has 7 heteroatoms. The van der Waals surface area contributed by atoms with Gasteiger partial charge in [0.25, 0.3) is 15.7 Å². The fraction of sp³-hybridized carbons (Fsp3) is 0.368. The maximum absolute atomic E-state index is 13.5. The molecule has 2 aromatic carbocycles. The Hall–Kier alpha value is -2.25. The van der Waals surface area contributed by atoms with Crippen molar-refractivity contribution in [1.29, 1.82) is 0 Å². The summed E-state index contributed by atoms with van der Waals surface area (Å²) < 4.78 is 28.4. The number of nitrogens with zero attached hydrogens (tertiary/aromatic N) is 2. The van der Waals surface area contributed by atoms with Crippen LogP contribution in [0.15, 0.2) is 53.4 Å². The third-order valence-corrected chi connectivity index (χ3v) is 7.02. The minimum Gasteiger partial charge on any atom is -0.258 e. The number of rotatable bonds is 7. The van der Waals surface area contributed by atoms with E-state index in [9.17, 15) is 18.5 Å². The highest BCUT2D eigenvalue weighted by Gasteiger charge is 2.41. The van der Waals surface area contributed by atoms with Crippen LogP contribution in [-0.4, -0.2) is 23.7 Å². The quantitative estimate of drug-likeness (QED) is 0.544. The first-order valence-electron chi connectivity index (χ1n) is 8.62. The first-order valence-corrected chi connectivity index (χ1v) is 10.1. The normalized spacial score (nSPS) is 15.8. The third-order valence-electron chi connectivity index (χ3n) is 4.89. The SMILES string of the molecule is Cc1cccc([N+](=O)[O-])c1S(=O)(=O)N(Cc1ccccc1)C(C)C1CC1. The molecule has 2 aromatic rings. The van der Waals surface area contributed by atoms with Crippen LogP contribution < -0.4 is 0 Å². The molecule has 1 unspecified atom stereocenters. The zero-order chi connectivity index (χ0) is 18.9. The summed E-state index contributed by atoms with van der Waals surface area (Å²) in [4.78, 5) is 10.6. The number of nitro benzene ring substituents is 1. The van der Waals surface area contributed by atoms with Crippen molar-refractivity contribution in [3.05, 3.63) is 69.8 Å². The van der Waals surface area contributed by atoms with Crippen molar-refractivity contribution >= 4 is 15.7 Å². The summed E-state index contributed by atoms with van der Waals surface area (Å²) in [6.07, 6.45) is 1.97. The van der Waals surface area contributed by atoms with Gasteiger partial charge in [0.15, 0.2) is 4.90 Å². The van der Waals surface area contributed by atoms with Crippen molar-refractivity contribution in [3.8, 4) is 0 Å². The lowest BCUT2D eigenvalue weighted by molar-refractivity contribution is -0.387. The molecule has 1 atom stereocenters. The van der Waals surface area contributed by atoms with Gasteiger partial charge in [-0.3, -0.25) is 10.1 Å². The minimum atomic E-state index is -4.02. The molecular weight excluding hydrogens is 352 g/mol. The zero-order valence-corrected chi connectivity index (χ0v) is 15.6. The number of benzene rings is 2. The van der Waals surface area contributed by atoms with Crippen LogP contribution in [0.1, 0.15) is 30.9 Å². The average Bonchev–Trinajstić information content (AvgIpc) is 3.44. The van der Waals surface area contributed by atoms with Crippen molar-refractivity contribution < 1.29 is 13.3 Å². The second-order valence-electron chi connectivity index (χ2n) is 6.79. The van der Waals surface area contributed by atoms with Gasteiger partial charge in [-0.25, -0.2) is 8.42 Å². The molecule has 26 heavy (non-hydrogen) atoms. The van der Waals surface area contributed by atoms with Crippen LogP contribution in [0, 0.1) is 23.0 Å². The molecule has 1 aliphatic rings. The van der Waals surface area contributed by atoms with Crippen LogP contribution in [0.5, 0.6) is 0 Å². The molecule has 0 amide bonds. The van der Waals surface area contributed by atoms with Gasteiger partial charge in [-0.2, -0.15) is 4.31 Å². The number of hydrogen-bond donors (Lipinski definition) is 0. The van der Waals surface area contributed by atoms with Crippen molar-refractivity contribution in [2.24, 2.45) is 5.92 Å². The highest BCUT2D eigenvalue weighted by Crippen LogP contribution is 2.39. The number of sulfonamides is 1. The maximum Gasteiger partial charge on any atom is 0.289 e. The second kappa shape index (κ2) is 7.17. The smallest absolute Gasteiger partial charge is 0.258 e. The Kier molecular flexibility index (Phi) is 5.11. The van der Waals surface area contributed by atoms with E-state index in [4.69, 9.17) is 0 Å². The molecule has 1 saturated carbocycles. The van der Waals surface area contributed by atoms with E-state index < -0.39 is 14.9 Å². The fourth-order valence-corrected chi connectivity index (χ4v) is 5.30. The monoisotopic (exact) mass is 374 g/mol. The van der Waals surface area contributed by atoms with Crippen LogP contribution in [0.25, 0.3) is 0 Å². The molecule has 1 aliphatic carbocycles. The van der Waals surface area contributed by atoms with Crippen molar-refractivity contribution in [2.75, 3.05) is 0 Å². The highest BCUT2D eigenvalue weighted by atomic mass is 32.2. The minimum absolute atomic E-state index is 0.201. The summed E-state index contributed by atoms with van der Waals surface area (Å²) in [5.74, 6) is 0.302. The van der Waals surface area contributed by atoms with Crippen molar-refractivity contribution in [3.63, 3.8) is 0 Å². The van der Waals surface area contributed by atoms with Gasteiger partial charge < -0.3 is 0 Å². The summed E-state index contributed by atoms with van der Waals surface area (Å²) >= 11 is 0. The number of hydrogen-bond acceptors (Lipinski definition) is 4. The van der Waals surface area contributed by atoms with E-state index in [0.29, 0.717) is 11.5 Å². The second-order valence-corrected chi connectivity index (χ2v) is 8.62. The van der Waals surface area contributed by atoms with Crippen LogP contribution >= 0.6 is 0 Å². The van der Waals surface area contributed by atoms with Gasteiger partial charge in [0, 0.05) is 18.7 Å². The zero-order valence-electron chi connectivity index (χ0n) is 14.8. The van der Waals surface area contributed by atoms with Crippen molar-refractivity contribution in [1.82, 2.24) is 4.31 Å². The van der Waals surface area contributed by atoms with E-state index in [1.165, 1.54) is 16.4 Å². The van der Waals surface area contributed by atoms with Crippen LogP contribution in [0.2, 0.25) is 0 Å². The predicted molar refractivity (Wildman–Crippen MR) is 99.2 cm³/mol. The molecule has 0 aromatic heterocycles. The summed E-state index contributed by atoms with van der Waals surface area (Å²) in [6.45, 7) is 3.69. The van der Waals surface area contributed by atoms with E-state index in [1.807, 2.05) is 37.3 Å². The van der Waals surface area contributed by atoms with Gasteiger partial charge in [-0.05, 0) is 43.7 Å². The van der Waals surface area contributed by atoms with Gasteiger partial charge in [-0.1, -0.05) is 42.5 Å². The van der Waals surface area contributed by atoms with E-state index >= 15 is 0 Å². The predicted octanol–water partition coefficient (Wildman–Crippen LogP) is 3.89.